The van der Waals surface area contributed by atoms with Gasteiger partial charge in [-0.05, 0) is 54.7 Å². The third-order valence-electron chi connectivity index (χ3n) is 7.74. The van der Waals surface area contributed by atoms with Crippen LogP contribution >= 0.6 is 0 Å². The Labute approximate surface area is 257 Å². The van der Waals surface area contributed by atoms with Crippen molar-refractivity contribution in [2.75, 3.05) is 25.9 Å². The van der Waals surface area contributed by atoms with Gasteiger partial charge in [0.25, 0.3) is 5.69 Å². The number of carbonyl (C=O) groups is 2. The number of nitro benzene ring substituents is 1. The molecule has 11 nitrogen and oxygen atoms in total. The molecule has 1 aliphatic rings. The zero-order valence-corrected chi connectivity index (χ0v) is 25.6. The summed E-state index contributed by atoms with van der Waals surface area (Å²) in [7, 11) is -3.30. The van der Waals surface area contributed by atoms with E-state index in [0.29, 0.717) is 19.4 Å². The first kappa shape index (κ1) is 32.6. The molecule has 12 heteroatoms. The molecule has 0 aromatic heterocycles. The second-order valence-electron chi connectivity index (χ2n) is 10.8. The number of hydrogen-bond donors (Lipinski definition) is 1. The molecule has 44 heavy (non-hydrogen) atoms. The van der Waals surface area contributed by atoms with Crippen molar-refractivity contribution in [1.29, 1.82) is 0 Å². The molecule has 0 saturated carbocycles. The van der Waals surface area contributed by atoms with Crippen molar-refractivity contribution in [3.05, 3.63) is 100 Å². The van der Waals surface area contributed by atoms with Gasteiger partial charge in [-0.2, -0.15) is 0 Å². The number of rotatable bonds is 12. The highest BCUT2D eigenvalue weighted by Crippen LogP contribution is 2.26. The Morgan fingerprint density at radius 3 is 2.18 bits per heavy atom. The molecular weight excluding hydrogens is 586 g/mol. The maximum absolute atomic E-state index is 13.1. The molecule has 1 heterocycles. The van der Waals surface area contributed by atoms with Crippen molar-refractivity contribution < 1.29 is 32.4 Å². The van der Waals surface area contributed by atoms with E-state index in [1.165, 1.54) is 24.3 Å². The van der Waals surface area contributed by atoms with Crippen LogP contribution in [0.1, 0.15) is 55.8 Å². The fourth-order valence-electron chi connectivity index (χ4n) is 5.26. The number of piperidine rings is 1. The lowest BCUT2D eigenvalue weighted by Gasteiger charge is -2.33. The standard InChI is InChI=1S/C32H37N3O8S/c1-3-29(23-9-15-28(16-10-23)44(2,40)41)31(36)33-25-17-20-34(21-18-25)22-19-30(24-7-5-4-6-8-24)43-32(37)42-27-13-11-26(12-14-27)35(38)39/h4-16,25,29-30H,3,17-22H2,1-2H3,(H,33,36). The number of nitro groups is 1. The quantitative estimate of drug-likeness (QED) is 0.121. The van der Waals surface area contributed by atoms with Crippen LogP contribution in [0, 0.1) is 10.1 Å². The lowest BCUT2D eigenvalue weighted by atomic mass is 9.94. The smallest absolute Gasteiger partial charge is 0.426 e. The van der Waals surface area contributed by atoms with Crippen LogP contribution in [0.5, 0.6) is 5.75 Å². The van der Waals surface area contributed by atoms with Crippen LogP contribution in [0.25, 0.3) is 0 Å². The topological polar surface area (TPSA) is 145 Å². The van der Waals surface area contributed by atoms with Gasteiger partial charge in [-0.3, -0.25) is 14.9 Å². The maximum Gasteiger partial charge on any atom is 0.514 e. The van der Waals surface area contributed by atoms with Crippen LogP contribution in [-0.4, -0.2) is 62.2 Å². The van der Waals surface area contributed by atoms with Crippen LogP contribution in [0.15, 0.2) is 83.8 Å². The monoisotopic (exact) mass is 623 g/mol. The number of sulfone groups is 1. The van der Waals surface area contributed by atoms with Gasteiger partial charge in [-0.1, -0.05) is 49.4 Å². The van der Waals surface area contributed by atoms with Crippen LogP contribution in [-0.2, 0) is 19.4 Å². The summed E-state index contributed by atoms with van der Waals surface area (Å²) in [6.45, 7) is 4.12. The lowest BCUT2D eigenvalue weighted by molar-refractivity contribution is -0.384. The second-order valence-corrected chi connectivity index (χ2v) is 12.9. The van der Waals surface area contributed by atoms with Gasteiger partial charge in [0.1, 0.15) is 11.9 Å². The van der Waals surface area contributed by atoms with Crippen molar-refractivity contribution in [2.45, 2.75) is 55.6 Å². The van der Waals surface area contributed by atoms with E-state index < -0.39 is 27.0 Å². The number of likely N-dealkylation sites (tertiary alicyclic amines) is 1. The molecular formula is C32H37N3O8S. The van der Waals surface area contributed by atoms with Gasteiger partial charge in [0.15, 0.2) is 9.84 Å². The number of hydrogen-bond acceptors (Lipinski definition) is 9. The lowest BCUT2D eigenvalue weighted by Crippen LogP contribution is -2.46. The molecule has 1 amide bonds. The number of ether oxygens (including phenoxy) is 2. The molecule has 1 aliphatic heterocycles. The SMILES string of the molecule is CCC(C(=O)NC1CCN(CCC(OC(=O)Oc2ccc([N+](=O)[O-])cc2)c2ccccc2)CC1)c1ccc(S(C)(=O)=O)cc1. The van der Waals surface area contributed by atoms with Gasteiger partial charge in [0, 0.05) is 50.5 Å². The highest BCUT2D eigenvalue weighted by molar-refractivity contribution is 7.90. The van der Waals surface area contributed by atoms with Gasteiger partial charge in [-0.15, -0.1) is 0 Å². The van der Waals surface area contributed by atoms with E-state index >= 15 is 0 Å². The third kappa shape index (κ3) is 9.10. The molecule has 1 saturated heterocycles. The van der Waals surface area contributed by atoms with Crippen LogP contribution in [0.4, 0.5) is 10.5 Å². The first-order chi connectivity index (χ1) is 21.0. The molecule has 234 valence electrons. The van der Waals surface area contributed by atoms with Gasteiger partial charge in [-0.25, -0.2) is 13.2 Å². The van der Waals surface area contributed by atoms with Gasteiger partial charge >= 0.3 is 6.16 Å². The summed E-state index contributed by atoms with van der Waals surface area (Å²) in [6, 6.07) is 21.1. The summed E-state index contributed by atoms with van der Waals surface area (Å²) in [5.41, 5.74) is 1.50. The minimum Gasteiger partial charge on any atom is -0.426 e. The van der Waals surface area contributed by atoms with E-state index in [2.05, 4.69) is 10.2 Å². The van der Waals surface area contributed by atoms with E-state index in [9.17, 15) is 28.1 Å². The highest BCUT2D eigenvalue weighted by Gasteiger charge is 2.26. The zero-order chi connectivity index (χ0) is 31.7. The summed E-state index contributed by atoms with van der Waals surface area (Å²) in [5, 5.41) is 14.0. The predicted molar refractivity (Wildman–Crippen MR) is 164 cm³/mol. The Morgan fingerprint density at radius 1 is 0.977 bits per heavy atom. The zero-order valence-electron chi connectivity index (χ0n) is 24.8. The molecule has 4 rings (SSSR count). The van der Waals surface area contributed by atoms with Crippen LogP contribution < -0.4 is 10.1 Å². The van der Waals surface area contributed by atoms with E-state index in [0.717, 1.165) is 43.3 Å². The number of carbonyl (C=O) groups excluding carboxylic acids is 2. The Hall–Kier alpha value is -4.29. The Balaban J connectivity index is 1.28. The number of non-ortho nitro benzene ring substituents is 1. The Morgan fingerprint density at radius 2 is 1.61 bits per heavy atom. The minimum absolute atomic E-state index is 0.0286. The molecule has 2 unspecified atom stereocenters. The van der Waals surface area contributed by atoms with Crippen molar-refractivity contribution >= 4 is 27.6 Å². The van der Waals surface area contributed by atoms with Crippen molar-refractivity contribution in [3.63, 3.8) is 0 Å². The summed E-state index contributed by atoms with van der Waals surface area (Å²) >= 11 is 0. The van der Waals surface area contributed by atoms with E-state index in [1.807, 2.05) is 37.3 Å². The molecule has 0 bridgehead atoms. The number of benzene rings is 3. The predicted octanol–water partition coefficient (Wildman–Crippen LogP) is 5.42. The van der Waals surface area contributed by atoms with Gasteiger partial charge in [0.2, 0.25) is 5.91 Å². The maximum atomic E-state index is 13.1. The summed E-state index contributed by atoms with van der Waals surface area (Å²) in [6.07, 6.45) is 2.37. The van der Waals surface area contributed by atoms with E-state index in [4.69, 9.17) is 9.47 Å². The molecule has 3 aromatic rings. The number of nitrogens with zero attached hydrogens (tertiary/aromatic N) is 2. The van der Waals surface area contributed by atoms with Crippen molar-refractivity contribution in [3.8, 4) is 5.75 Å². The fraction of sp³-hybridized carbons (Fsp3) is 0.375. The third-order valence-corrected chi connectivity index (χ3v) is 8.86. The number of amides is 1. The molecule has 0 aliphatic carbocycles. The van der Waals surface area contributed by atoms with Crippen LogP contribution in [0.2, 0.25) is 0 Å². The van der Waals surface area contributed by atoms with E-state index in [1.54, 1.807) is 24.3 Å². The molecule has 0 spiro atoms. The minimum atomic E-state index is -3.30. The molecule has 0 radical (unpaired) electrons. The fourth-order valence-corrected chi connectivity index (χ4v) is 5.89. The molecule has 1 fully saturated rings. The largest absolute Gasteiger partial charge is 0.514 e. The summed E-state index contributed by atoms with van der Waals surface area (Å²) in [5.74, 6) is -0.286. The first-order valence-electron chi connectivity index (χ1n) is 14.5. The average molecular weight is 624 g/mol. The van der Waals surface area contributed by atoms with E-state index in [-0.39, 0.29) is 34.2 Å². The molecule has 1 N–H and O–H groups in total. The Kier molecular flexibility index (Phi) is 11.1. The second kappa shape index (κ2) is 14.9. The highest BCUT2D eigenvalue weighted by atomic mass is 32.2. The van der Waals surface area contributed by atoms with Crippen molar-refractivity contribution in [1.82, 2.24) is 10.2 Å². The molecule has 2 atom stereocenters. The number of nitrogens with one attached hydrogen (secondary N) is 1. The summed E-state index contributed by atoms with van der Waals surface area (Å²) in [4.78, 5) is 38.6. The Bertz CT molecular complexity index is 1520. The van der Waals surface area contributed by atoms with Gasteiger partial charge in [0.05, 0.1) is 15.7 Å². The van der Waals surface area contributed by atoms with Crippen molar-refractivity contribution in [2.24, 2.45) is 0 Å². The molecule has 3 aromatic carbocycles. The van der Waals surface area contributed by atoms with Gasteiger partial charge < -0.3 is 19.7 Å². The first-order valence-corrected chi connectivity index (χ1v) is 16.4. The average Bonchev–Trinajstić information content (AvgIpc) is 3.01. The summed E-state index contributed by atoms with van der Waals surface area (Å²) < 4.78 is 34.5. The van der Waals surface area contributed by atoms with Crippen LogP contribution in [0.3, 0.4) is 0 Å². The normalized spacial score (nSPS) is 15.6.